The third-order valence-electron chi connectivity index (χ3n) is 2.38. The lowest BCUT2D eigenvalue weighted by atomic mass is 10.3. The molecule has 0 unspecified atom stereocenters. The van der Waals surface area contributed by atoms with Crippen LogP contribution in [0.25, 0.3) is 0 Å². The standard InChI is InChI=1S/C11H13FN2O4S2/c1-19(15,16)9-4-5-10(12)11(8-9)20(17,18)14-7-3-2-6-13/h4-5,8,14H,2-3,7H2,1H3. The molecule has 1 aromatic carbocycles. The Kier molecular flexibility index (Phi) is 5.21. The number of benzene rings is 1. The Hall–Kier alpha value is -1.50. The summed E-state index contributed by atoms with van der Waals surface area (Å²) in [4.78, 5) is -1.01. The second-order valence-electron chi connectivity index (χ2n) is 4.02. The maximum atomic E-state index is 13.6. The van der Waals surface area contributed by atoms with Crippen LogP contribution in [-0.4, -0.2) is 29.6 Å². The van der Waals surface area contributed by atoms with Crippen LogP contribution in [0.4, 0.5) is 4.39 Å². The normalized spacial score (nSPS) is 12.1. The number of nitrogens with zero attached hydrogens (tertiary/aromatic N) is 1. The largest absolute Gasteiger partial charge is 0.243 e. The number of rotatable bonds is 6. The minimum atomic E-state index is -4.15. The van der Waals surface area contributed by atoms with Gasteiger partial charge in [-0.1, -0.05) is 0 Å². The van der Waals surface area contributed by atoms with Crippen LogP contribution in [0.3, 0.4) is 0 Å². The summed E-state index contributed by atoms with van der Waals surface area (Å²) in [7, 11) is -7.79. The molecule has 0 heterocycles. The van der Waals surface area contributed by atoms with Crippen LogP contribution in [0.1, 0.15) is 12.8 Å². The zero-order chi connectivity index (χ0) is 15.4. The number of sulfone groups is 1. The first-order valence-corrected chi connectivity index (χ1v) is 8.92. The summed E-state index contributed by atoms with van der Waals surface area (Å²) in [5, 5.41) is 8.33. The van der Waals surface area contributed by atoms with E-state index in [4.69, 9.17) is 5.26 Å². The lowest BCUT2D eigenvalue weighted by molar-refractivity contribution is 0.554. The summed E-state index contributed by atoms with van der Waals surface area (Å²) in [5.41, 5.74) is 0. The van der Waals surface area contributed by atoms with Gasteiger partial charge < -0.3 is 0 Å². The van der Waals surface area contributed by atoms with Gasteiger partial charge in [-0.2, -0.15) is 5.26 Å². The van der Waals surface area contributed by atoms with E-state index in [1.54, 1.807) is 0 Å². The van der Waals surface area contributed by atoms with Gasteiger partial charge in [0.2, 0.25) is 10.0 Å². The highest BCUT2D eigenvalue weighted by atomic mass is 32.2. The molecule has 20 heavy (non-hydrogen) atoms. The number of sulfonamides is 1. The summed E-state index contributed by atoms with van der Waals surface area (Å²) >= 11 is 0. The summed E-state index contributed by atoms with van der Waals surface area (Å²) in [6.45, 7) is -0.0293. The fourth-order valence-corrected chi connectivity index (χ4v) is 3.27. The Labute approximate surface area is 117 Å². The van der Waals surface area contributed by atoms with E-state index in [9.17, 15) is 21.2 Å². The van der Waals surface area contributed by atoms with E-state index in [0.717, 1.165) is 24.5 Å². The van der Waals surface area contributed by atoms with E-state index < -0.39 is 30.6 Å². The molecule has 1 N–H and O–H groups in total. The Balaban J connectivity index is 3.09. The van der Waals surface area contributed by atoms with E-state index in [2.05, 4.69) is 4.72 Å². The van der Waals surface area contributed by atoms with Crippen LogP contribution in [0, 0.1) is 17.1 Å². The topological polar surface area (TPSA) is 104 Å². The molecule has 0 aromatic heterocycles. The maximum Gasteiger partial charge on any atom is 0.243 e. The molecule has 0 bridgehead atoms. The van der Waals surface area contributed by atoms with Crippen molar-refractivity contribution in [1.82, 2.24) is 4.72 Å². The van der Waals surface area contributed by atoms with Crippen molar-refractivity contribution < 1.29 is 21.2 Å². The predicted octanol–water partition coefficient (Wildman–Crippen LogP) is 0.811. The molecule has 0 fully saturated rings. The van der Waals surface area contributed by atoms with E-state index in [1.807, 2.05) is 6.07 Å². The maximum absolute atomic E-state index is 13.6. The quantitative estimate of drug-likeness (QED) is 0.617. The van der Waals surface area contributed by atoms with Gasteiger partial charge in [0.05, 0.1) is 11.0 Å². The van der Waals surface area contributed by atoms with Gasteiger partial charge in [-0.05, 0) is 24.6 Å². The second-order valence-corrected chi connectivity index (χ2v) is 7.77. The highest BCUT2D eigenvalue weighted by Gasteiger charge is 2.21. The van der Waals surface area contributed by atoms with Gasteiger partial charge in [0.15, 0.2) is 9.84 Å². The molecule has 6 nitrogen and oxygen atoms in total. The van der Waals surface area contributed by atoms with E-state index in [1.165, 1.54) is 0 Å². The SMILES string of the molecule is CS(=O)(=O)c1ccc(F)c(S(=O)(=O)NCCCC#N)c1. The molecule has 0 saturated heterocycles. The van der Waals surface area contributed by atoms with Crippen molar-refractivity contribution in [3.8, 4) is 6.07 Å². The van der Waals surface area contributed by atoms with Crippen molar-refractivity contribution in [1.29, 1.82) is 5.26 Å². The zero-order valence-electron chi connectivity index (χ0n) is 10.6. The number of unbranched alkanes of at least 4 members (excludes halogenated alkanes) is 1. The summed E-state index contributed by atoms with van der Waals surface area (Å²) in [6, 6.07) is 4.41. The van der Waals surface area contributed by atoms with Gasteiger partial charge in [0, 0.05) is 19.2 Å². The molecule has 110 valence electrons. The molecule has 0 aliphatic carbocycles. The van der Waals surface area contributed by atoms with Crippen molar-refractivity contribution >= 4 is 19.9 Å². The molecule has 0 amide bonds. The lowest BCUT2D eigenvalue weighted by Crippen LogP contribution is -2.26. The summed E-state index contributed by atoms with van der Waals surface area (Å²) in [5.74, 6) is -1.04. The fraction of sp³-hybridized carbons (Fsp3) is 0.364. The molecule has 9 heteroatoms. The Morgan fingerprint density at radius 1 is 1.30 bits per heavy atom. The molecule has 0 aliphatic rings. The van der Waals surface area contributed by atoms with Crippen LogP contribution in [0.2, 0.25) is 0 Å². The number of hydrogen-bond acceptors (Lipinski definition) is 5. The Bertz CT molecular complexity index is 736. The number of nitriles is 1. The highest BCUT2D eigenvalue weighted by molar-refractivity contribution is 7.91. The minimum absolute atomic E-state index is 0.0293. The molecular formula is C11H13FN2O4S2. The van der Waals surface area contributed by atoms with Gasteiger partial charge in [0.25, 0.3) is 0 Å². The molecule has 0 radical (unpaired) electrons. The van der Waals surface area contributed by atoms with Gasteiger partial charge in [-0.25, -0.2) is 25.9 Å². The summed E-state index contributed by atoms with van der Waals surface area (Å²) in [6.07, 6.45) is 1.34. The van der Waals surface area contributed by atoms with Crippen molar-refractivity contribution in [2.24, 2.45) is 0 Å². The van der Waals surface area contributed by atoms with Gasteiger partial charge >= 0.3 is 0 Å². The molecule has 0 atom stereocenters. The van der Waals surface area contributed by atoms with Crippen molar-refractivity contribution in [2.45, 2.75) is 22.6 Å². The van der Waals surface area contributed by atoms with Crippen LogP contribution in [-0.2, 0) is 19.9 Å². The Morgan fingerprint density at radius 2 is 1.95 bits per heavy atom. The predicted molar refractivity (Wildman–Crippen MR) is 69.5 cm³/mol. The first-order valence-electron chi connectivity index (χ1n) is 5.55. The van der Waals surface area contributed by atoms with Crippen molar-refractivity contribution in [2.75, 3.05) is 12.8 Å². The monoisotopic (exact) mass is 320 g/mol. The minimum Gasteiger partial charge on any atom is -0.224 e. The molecule has 0 saturated carbocycles. The third-order valence-corrected chi connectivity index (χ3v) is 4.96. The second kappa shape index (κ2) is 6.30. The number of halogens is 1. The van der Waals surface area contributed by atoms with Crippen molar-refractivity contribution in [3.05, 3.63) is 24.0 Å². The van der Waals surface area contributed by atoms with Gasteiger partial charge in [-0.15, -0.1) is 0 Å². The van der Waals surface area contributed by atoms with E-state index in [-0.39, 0.29) is 24.3 Å². The zero-order valence-corrected chi connectivity index (χ0v) is 12.3. The van der Waals surface area contributed by atoms with Crippen LogP contribution >= 0.6 is 0 Å². The first-order chi connectivity index (χ1) is 9.18. The third kappa shape index (κ3) is 4.26. The van der Waals surface area contributed by atoms with Crippen molar-refractivity contribution in [3.63, 3.8) is 0 Å². The smallest absolute Gasteiger partial charge is 0.224 e. The average Bonchev–Trinajstić information content (AvgIpc) is 2.33. The van der Waals surface area contributed by atoms with E-state index in [0.29, 0.717) is 0 Å². The van der Waals surface area contributed by atoms with Gasteiger partial charge in [0.1, 0.15) is 10.7 Å². The molecule has 0 aliphatic heterocycles. The van der Waals surface area contributed by atoms with Crippen LogP contribution in [0.5, 0.6) is 0 Å². The van der Waals surface area contributed by atoms with E-state index >= 15 is 0 Å². The first kappa shape index (κ1) is 16.6. The number of hydrogen-bond donors (Lipinski definition) is 1. The average molecular weight is 320 g/mol. The molecular weight excluding hydrogens is 307 g/mol. The number of nitrogens with one attached hydrogen (secondary N) is 1. The molecule has 1 aromatic rings. The summed E-state index contributed by atoms with van der Waals surface area (Å²) < 4.78 is 62.1. The molecule has 0 spiro atoms. The highest BCUT2D eigenvalue weighted by Crippen LogP contribution is 2.19. The lowest BCUT2D eigenvalue weighted by Gasteiger charge is -2.08. The Morgan fingerprint density at radius 3 is 2.50 bits per heavy atom. The molecule has 1 rings (SSSR count). The fourth-order valence-electron chi connectivity index (χ4n) is 1.37. The van der Waals surface area contributed by atoms with Crippen LogP contribution < -0.4 is 4.72 Å². The van der Waals surface area contributed by atoms with Gasteiger partial charge in [-0.3, -0.25) is 0 Å². The van der Waals surface area contributed by atoms with Crippen LogP contribution in [0.15, 0.2) is 28.0 Å².